The van der Waals surface area contributed by atoms with Crippen molar-refractivity contribution in [3.05, 3.63) is 163 Å². The molecule has 252 valence electrons. The van der Waals surface area contributed by atoms with E-state index in [4.69, 9.17) is 0 Å². The summed E-state index contributed by atoms with van der Waals surface area (Å²) in [6, 6.07) is 59.5. The Morgan fingerprint density at radius 2 is 1.02 bits per heavy atom. The first-order chi connectivity index (χ1) is 27.3. The third kappa shape index (κ3) is 3.37. The Labute approximate surface area is 322 Å². The lowest BCUT2D eigenvalue weighted by Crippen LogP contribution is -2.64. The van der Waals surface area contributed by atoms with Gasteiger partial charge in [-0.15, -0.1) is 0 Å². The van der Waals surface area contributed by atoms with Crippen LogP contribution in [0.5, 0.6) is 0 Å². The van der Waals surface area contributed by atoms with Gasteiger partial charge < -0.3 is 14.0 Å². The Kier molecular flexibility index (Phi) is 5.30. The van der Waals surface area contributed by atoms with Crippen LogP contribution in [0.2, 0.25) is 0 Å². The SMILES string of the molecule is Cc1c2c(cc3c1N(c1ccccc1)c1ccc4c5ccccc5n5c4c1B3c1ccccc1-5)B1c3ccccc3-n3c4ccccc4c4ccc(c1c43)S2. The third-order valence-corrected chi connectivity index (χ3v) is 14.4. The van der Waals surface area contributed by atoms with Gasteiger partial charge in [0.2, 0.25) is 6.71 Å². The smallest absolute Gasteiger partial charge is 0.252 e. The van der Waals surface area contributed by atoms with E-state index >= 15 is 0 Å². The van der Waals surface area contributed by atoms with E-state index in [0.29, 0.717) is 0 Å². The molecular weight excluding hydrogens is 684 g/mol. The van der Waals surface area contributed by atoms with Crippen LogP contribution >= 0.6 is 11.8 Å². The van der Waals surface area contributed by atoms with Gasteiger partial charge in [-0.25, -0.2) is 0 Å². The average Bonchev–Trinajstić information content (AvgIpc) is 3.77. The minimum Gasteiger partial charge on any atom is -0.311 e. The second-order valence-electron chi connectivity index (χ2n) is 15.6. The van der Waals surface area contributed by atoms with Gasteiger partial charge in [-0.3, -0.25) is 0 Å². The van der Waals surface area contributed by atoms with E-state index in [9.17, 15) is 0 Å². The fourth-order valence-electron chi connectivity index (χ4n) is 11.1. The molecular formula is C49H29B2N3S. The molecule has 14 rings (SSSR count). The Bertz CT molecular complexity index is 3400. The van der Waals surface area contributed by atoms with Crippen molar-refractivity contribution in [2.75, 3.05) is 4.90 Å². The van der Waals surface area contributed by atoms with Gasteiger partial charge in [0.15, 0.2) is 0 Å². The van der Waals surface area contributed by atoms with E-state index in [1.54, 1.807) is 0 Å². The van der Waals surface area contributed by atoms with Crippen molar-refractivity contribution in [1.82, 2.24) is 9.13 Å². The molecule has 0 bridgehead atoms. The van der Waals surface area contributed by atoms with E-state index in [1.165, 1.54) is 120 Å². The summed E-state index contributed by atoms with van der Waals surface area (Å²) in [6.07, 6.45) is 0. The molecule has 0 saturated carbocycles. The van der Waals surface area contributed by atoms with Crippen LogP contribution in [0.3, 0.4) is 0 Å². The molecule has 4 aliphatic rings. The van der Waals surface area contributed by atoms with Crippen molar-refractivity contribution >= 4 is 119 Å². The number of aromatic nitrogens is 2. The van der Waals surface area contributed by atoms with Crippen LogP contribution in [-0.4, -0.2) is 22.6 Å². The lowest BCUT2D eigenvalue weighted by Gasteiger charge is -2.43. The van der Waals surface area contributed by atoms with Gasteiger partial charge in [0.05, 0.1) is 22.1 Å². The van der Waals surface area contributed by atoms with Gasteiger partial charge in [0.25, 0.3) is 6.71 Å². The third-order valence-electron chi connectivity index (χ3n) is 13.1. The number of fused-ring (bicyclic) bond motifs is 16. The summed E-state index contributed by atoms with van der Waals surface area (Å²) in [5, 5.41) is 5.29. The van der Waals surface area contributed by atoms with E-state index in [-0.39, 0.29) is 13.4 Å². The molecule has 4 aliphatic heterocycles. The van der Waals surface area contributed by atoms with Crippen molar-refractivity contribution in [3.63, 3.8) is 0 Å². The summed E-state index contributed by atoms with van der Waals surface area (Å²) in [4.78, 5) is 5.33. The first-order valence-electron chi connectivity index (χ1n) is 19.3. The zero-order valence-corrected chi connectivity index (χ0v) is 30.7. The quantitative estimate of drug-likeness (QED) is 0.160. The summed E-state index contributed by atoms with van der Waals surface area (Å²) >= 11 is 1.97. The summed E-state index contributed by atoms with van der Waals surface area (Å²) in [5.74, 6) is 0. The molecule has 3 nitrogen and oxygen atoms in total. The Balaban J connectivity index is 1.14. The van der Waals surface area contributed by atoms with Crippen molar-refractivity contribution < 1.29 is 0 Å². The predicted octanol–water partition coefficient (Wildman–Crippen LogP) is 8.10. The largest absolute Gasteiger partial charge is 0.311 e. The first-order valence-corrected chi connectivity index (χ1v) is 20.1. The van der Waals surface area contributed by atoms with E-state index < -0.39 is 0 Å². The summed E-state index contributed by atoms with van der Waals surface area (Å²) < 4.78 is 5.10. The van der Waals surface area contributed by atoms with Crippen LogP contribution in [0.25, 0.3) is 55.0 Å². The second kappa shape index (κ2) is 10.0. The number of nitrogens with zero attached hydrogens (tertiary/aromatic N) is 3. The molecule has 10 aromatic rings. The standard InChI is InChI=1S/C49H29B2N3S/c1-28-46-36(27-37-49(28)55-43-26-24-33-31-16-6-10-20-39(31)54-41-22-12-8-18-35(41)51(37)45(43)48(33)54)50-34-17-7-11-21-40(34)53-38-19-9-5-15-30(38)32-23-25-42(44(50)47(32)53)52(46)29-13-3-2-4-14-29/h2-27H,1H3. The second-order valence-corrected chi connectivity index (χ2v) is 16.6. The van der Waals surface area contributed by atoms with E-state index in [1.807, 2.05) is 11.8 Å². The van der Waals surface area contributed by atoms with Crippen LogP contribution in [-0.2, 0) is 0 Å². The minimum atomic E-state index is 0.0816. The predicted molar refractivity (Wildman–Crippen MR) is 234 cm³/mol. The maximum Gasteiger partial charge on any atom is 0.252 e. The molecule has 0 saturated heterocycles. The van der Waals surface area contributed by atoms with Gasteiger partial charge in [-0.1, -0.05) is 126 Å². The normalized spacial score (nSPS) is 14.1. The van der Waals surface area contributed by atoms with Gasteiger partial charge in [0.1, 0.15) is 0 Å². The first kappa shape index (κ1) is 29.1. The van der Waals surface area contributed by atoms with Gasteiger partial charge in [-0.2, -0.15) is 0 Å². The van der Waals surface area contributed by atoms with E-state index in [0.717, 1.165) is 0 Å². The average molecular weight is 713 g/mol. The fourth-order valence-corrected chi connectivity index (χ4v) is 12.3. The summed E-state index contributed by atoms with van der Waals surface area (Å²) in [5.41, 5.74) is 21.4. The summed E-state index contributed by atoms with van der Waals surface area (Å²) in [6.45, 7) is 2.60. The van der Waals surface area contributed by atoms with Crippen molar-refractivity contribution in [1.29, 1.82) is 0 Å². The Morgan fingerprint density at radius 1 is 0.455 bits per heavy atom. The van der Waals surface area contributed by atoms with Crippen LogP contribution < -0.4 is 37.7 Å². The monoisotopic (exact) mass is 713 g/mol. The molecule has 0 aliphatic carbocycles. The lowest BCUT2D eigenvalue weighted by atomic mass is 9.31. The van der Waals surface area contributed by atoms with E-state index in [2.05, 4.69) is 179 Å². The molecule has 0 amide bonds. The highest BCUT2D eigenvalue weighted by Gasteiger charge is 2.46. The maximum absolute atomic E-state index is 2.64. The zero-order chi connectivity index (χ0) is 35.7. The number of para-hydroxylation sites is 5. The molecule has 0 atom stereocenters. The molecule has 0 N–H and O–H groups in total. The lowest BCUT2D eigenvalue weighted by molar-refractivity contribution is 1.17. The number of rotatable bonds is 1. The number of benzene rings is 8. The van der Waals surface area contributed by atoms with Gasteiger partial charge in [-0.05, 0) is 88.3 Å². The van der Waals surface area contributed by atoms with Gasteiger partial charge in [0, 0.05) is 59.8 Å². The van der Waals surface area contributed by atoms with Crippen LogP contribution in [0, 0.1) is 6.92 Å². The van der Waals surface area contributed by atoms with Crippen LogP contribution in [0.15, 0.2) is 168 Å². The Morgan fingerprint density at radius 3 is 1.71 bits per heavy atom. The Hall–Kier alpha value is -6.36. The minimum absolute atomic E-state index is 0.0816. The van der Waals surface area contributed by atoms with Crippen molar-refractivity contribution in [2.45, 2.75) is 16.7 Å². The highest BCUT2D eigenvalue weighted by molar-refractivity contribution is 8.00. The highest BCUT2D eigenvalue weighted by Crippen LogP contribution is 2.47. The topological polar surface area (TPSA) is 13.1 Å². The molecule has 0 spiro atoms. The number of hydrogen-bond acceptors (Lipinski definition) is 2. The maximum atomic E-state index is 2.64. The number of anilines is 3. The fraction of sp³-hybridized carbons (Fsp3) is 0.0204. The van der Waals surface area contributed by atoms with Crippen LogP contribution in [0.1, 0.15) is 5.56 Å². The molecule has 55 heavy (non-hydrogen) atoms. The highest BCUT2D eigenvalue weighted by atomic mass is 32.2. The van der Waals surface area contributed by atoms with Crippen molar-refractivity contribution in [2.24, 2.45) is 0 Å². The molecule has 6 heteroatoms. The van der Waals surface area contributed by atoms with Gasteiger partial charge >= 0.3 is 0 Å². The molecule has 2 aromatic heterocycles. The molecule has 6 heterocycles. The summed E-state index contributed by atoms with van der Waals surface area (Å²) in [7, 11) is 0. The zero-order valence-electron chi connectivity index (χ0n) is 29.9. The molecule has 0 unspecified atom stereocenters. The molecule has 0 radical (unpaired) electrons. The van der Waals surface area contributed by atoms with Crippen molar-refractivity contribution in [3.8, 4) is 11.4 Å². The molecule has 0 fully saturated rings. The number of hydrogen-bond donors (Lipinski definition) is 0. The molecule has 8 aromatic carbocycles. The van der Waals surface area contributed by atoms with Crippen LogP contribution in [0.4, 0.5) is 17.1 Å².